The Bertz CT molecular complexity index is 1410. The number of likely N-dealkylation sites (N-methyl/N-ethyl adjacent to an activating group) is 1. The Morgan fingerprint density at radius 1 is 0.384 bits per heavy atom. The van der Waals surface area contributed by atoms with Gasteiger partial charge in [-0.1, -0.05) is 392 Å². The van der Waals surface area contributed by atoms with Gasteiger partial charge in [0.25, 0.3) is 0 Å². The van der Waals surface area contributed by atoms with E-state index in [9.17, 15) is 19.4 Å². The van der Waals surface area contributed by atoms with Crippen molar-refractivity contribution in [3.05, 3.63) is 12.2 Å². The first-order valence-electron chi connectivity index (χ1n) is 39.1. The average molecular weight is 1240 g/mol. The number of quaternary nitrogens is 1. The van der Waals surface area contributed by atoms with Gasteiger partial charge in [0.05, 0.1) is 39.9 Å². The second-order valence-corrected chi connectivity index (χ2v) is 29.9. The topological polar surface area (TPSA) is 105 Å². The monoisotopic (exact) mass is 1240 g/mol. The van der Waals surface area contributed by atoms with Crippen LogP contribution < -0.4 is 5.32 Å². The first kappa shape index (κ1) is 85.2. The van der Waals surface area contributed by atoms with E-state index in [-0.39, 0.29) is 19.1 Å². The third kappa shape index (κ3) is 70.7. The summed E-state index contributed by atoms with van der Waals surface area (Å²) in [6, 6.07) is -0.758. The summed E-state index contributed by atoms with van der Waals surface area (Å²) in [4.78, 5) is 23.5. The van der Waals surface area contributed by atoms with Crippen LogP contribution in [0.15, 0.2) is 12.2 Å². The molecule has 0 aromatic heterocycles. The molecule has 0 heterocycles. The Labute approximate surface area is 539 Å². The zero-order valence-corrected chi connectivity index (χ0v) is 60.0. The molecule has 0 spiro atoms. The predicted molar refractivity (Wildman–Crippen MR) is 379 cm³/mol. The van der Waals surface area contributed by atoms with Gasteiger partial charge in [0.2, 0.25) is 5.91 Å². The highest BCUT2D eigenvalue weighted by atomic mass is 31.2. The van der Waals surface area contributed by atoms with Gasteiger partial charge in [-0.15, -0.1) is 0 Å². The lowest BCUT2D eigenvalue weighted by molar-refractivity contribution is -0.870. The summed E-state index contributed by atoms with van der Waals surface area (Å²) in [5, 5.41) is 14.2. The lowest BCUT2D eigenvalue weighted by Gasteiger charge is -2.26. The highest BCUT2D eigenvalue weighted by molar-refractivity contribution is 7.47. The first-order valence-corrected chi connectivity index (χ1v) is 40.5. The Balaban J connectivity index is 3.85. The van der Waals surface area contributed by atoms with Crippen LogP contribution in [-0.2, 0) is 18.4 Å². The number of amides is 1. The van der Waals surface area contributed by atoms with Crippen LogP contribution in [0.4, 0.5) is 0 Å². The van der Waals surface area contributed by atoms with Crippen LogP contribution in [0.25, 0.3) is 0 Å². The van der Waals surface area contributed by atoms with E-state index in [1.54, 1.807) is 0 Å². The van der Waals surface area contributed by atoms with Crippen LogP contribution in [-0.4, -0.2) is 73.4 Å². The molecule has 3 N–H and O–H groups in total. The largest absolute Gasteiger partial charge is 0.472 e. The number of rotatable bonds is 74. The molecule has 0 aromatic rings. The van der Waals surface area contributed by atoms with Crippen molar-refractivity contribution in [2.75, 3.05) is 40.9 Å². The molecule has 86 heavy (non-hydrogen) atoms. The molecule has 0 bridgehead atoms. The van der Waals surface area contributed by atoms with Gasteiger partial charge in [-0.25, -0.2) is 4.57 Å². The maximum Gasteiger partial charge on any atom is 0.472 e. The molecule has 0 saturated heterocycles. The van der Waals surface area contributed by atoms with Crippen LogP contribution in [0, 0.1) is 0 Å². The summed E-state index contributed by atoms with van der Waals surface area (Å²) in [6.45, 7) is 4.96. The van der Waals surface area contributed by atoms with E-state index in [1.807, 2.05) is 21.1 Å². The number of nitrogens with one attached hydrogen (secondary N) is 1. The highest BCUT2D eigenvalue weighted by Crippen LogP contribution is 2.43. The minimum atomic E-state index is -4.33. The molecule has 9 heteroatoms. The Kier molecular flexibility index (Phi) is 68.0. The third-order valence-corrected chi connectivity index (χ3v) is 19.5. The van der Waals surface area contributed by atoms with Gasteiger partial charge in [-0.05, 0) is 38.5 Å². The fraction of sp³-hybridized carbons (Fsp3) is 0.961. The van der Waals surface area contributed by atoms with Crippen LogP contribution in [0.3, 0.4) is 0 Å². The standard InChI is InChI=1S/C77H155N2O6P/c1-6-8-10-12-14-16-18-20-22-24-26-28-30-31-32-33-34-35-36-37-38-39-40-41-42-43-44-45-46-47-49-51-53-55-57-59-61-63-65-67-69-71-77(81)78-75(74-85-86(82,83)84-73-72-79(3,4)5)76(80)70-68-66-64-62-60-58-56-54-52-50-48-29-27-25-23-21-19-17-15-13-11-9-7-2/h24,26,75-76,80H,6-23,25,27-74H2,1-5H3,(H-,78,81,82,83)/p+1/b26-24-. The quantitative estimate of drug-likeness (QED) is 0.0243. The number of phosphoric acid groups is 1. The zero-order chi connectivity index (χ0) is 62.6. The number of carbonyl (C=O) groups is 1. The Morgan fingerprint density at radius 3 is 0.895 bits per heavy atom. The van der Waals surface area contributed by atoms with Gasteiger partial charge < -0.3 is 19.8 Å². The number of aliphatic hydroxyl groups is 1. The smallest absolute Gasteiger partial charge is 0.391 e. The lowest BCUT2D eigenvalue weighted by Crippen LogP contribution is -2.46. The summed E-state index contributed by atoms with van der Waals surface area (Å²) < 4.78 is 23.9. The van der Waals surface area contributed by atoms with Crippen molar-refractivity contribution in [1.82, 2.24) is 5.32 Å². The number of phosphoric ester groups is 1. The third-order valence-electron chi connectivity index (χ3n) is 18.5. The number of nitrogens with zero attached hydrogens (tertiary/aromatic N) is 1. The summed E-state index contributed by atoms with van der Waals surface area (Å²) in [5.41, 5.74) is 0. The number of unbranched alkanes of at least 4 members (excludes halogenated alkanes) is 59. The number of aliphatic hydroxyl groups excluding tert-OH is 1. The van der Waals surface area contributed by atoms with E-state index in [4.69, 9.17) is 9.05 Å². The van der Waals surface area contributed by atoms with Crippen LogP contribution >= 0.6 is 7.82 Å². The Morgan fingerprint density at radius 2 is 0.628 bits per heavy atom. The molecule has 1 amide bonds. The minimum Gasteiger partial charge on any atom is -0.391 e. The molecule has 8 nitrogen and oxygen atoms in total. The molecule has 0 aliphatic heterocycles. The van der Waals surface area contributed by atoms with E-state index in [0.29, 0.717) is 23.9 Å². The van der Waals surface area contributed by atoms with Crippen molar-refractivity contribution in [2.24, 2.45) is 0 Å². The molecule has 0 saturated carbocycles. The van der Waals surface area contributed by atoms with Crippen LogP contribution in [0.5, 0.6) is 0 Å². The van der Waals surface area contributed by atoms with Gasteiger partial charge in [0.1, 0.15) is 13.2 Å². The van der Waals surface area contributed by atoms with Gasteiger partial charge >= 0.3 is 7.82 Å². The summed E-state index contributed by atoms with van der Waals surface area (Å²) in [6.07, 6.45) is 89.3. The van der Waals surface area contributed by atoms with Gasteiger partial charge in [-0.2, -0.15) is 0 Å². The maximum atomic E-state index is 13.1. The number of hydrogen-bond acceptors (Lipinski definition) is 5. The molecular formula is C77H156N2O6P+. The van der Waals surface area contributed by atoms with E-state index in [1.165, 1.54) is 360 Å². The van der Waals surface area contributed by atoms with Gasteiger partial charge in [0.15, 0.2) is 0 Å². The molecule has 0 fully saturated rings. The van der Waals surface area contributed by atoms with Gasteiger partial charge in [0, 0.05) is 6.42 Å². The fourth-order valence-electron chi connectivity index (χ4n) is 12.5. The second kappa shape index (κ2) is 68.6. The van der Waals surface area contributed by atoms with Crippen molar-refractivity contribution in [2.45, 2.75) is 437 Å². The van der Waals surface area contributed by atoms with Crippen molar-refractivity contribution in [1.29, 1.82) is 0 Å². The predicted octanol–water partition coefficient (Wildman–Crippen LogP) is 25.2. The fourth-order valence-corrected chi connectivity index (χ4v) is 13.2. The molecule has 3 atom stereocenters. The summed E-state index contributed by atoms with van der Waals surface area (Å²) in [7, 11) is 1.64. The Hall–Kier alpha value is -0.760. The molecule has 0 rings (SSSR count). The maximum absolute atomic E-state index is 13.1. The number of hydrogen-bond donors (Lipinski definition) is 3. The molecule has 0 aliphatic carbocycles. The van der Waals surface area contributed by atoms with E-state index in [2.05, 4.69) is 31.3 Å². The zero-order valence-electron chi connectivity index (χ0n) is 59.1. The second-order valence-electron chi connectivity index (χ2n) is 28.4. The van der Waals surface area contributed by atoms with Crippen molar-refractivity contribution >= 4 is 13.7 Å². The minimum absolute atomic E-state index is 0.0789. The molecule has 0 aromatic carbocycles. The van der Waals surface area contributed by atoms with Crippen molar-refractivity contribution in [3.8, 4) is 0 Å². The van der Waals surface area contributed by atoms with E-state index >= 15 is 0 Å². The molecular weight excluding hydrogens is 1080 g/mol. The molecule has 0 radical (unpaired) electrons. The number of carbonyl (C=O) groups excluding carboxylic acids is 1. The van der Waals surface area contributed by atoms with Gasteiger partial charge in [-0.3, -0.25) is 13.8 Å². The lowest BCUT2D eigenvalue weighted by atomic mass is 10.0. The van der Waals surface area contributed by atoms with Crippen molar-refractivity contribution < 1.29 is 32.9 Å². The van der Waals surface area contributed by atoms with E-state index < -0.39 is 20.0 Å². The molecule has 0 aliphatic rings. The SMILES string of the molecule is CCCCCCCCCC/C=C\CCCCCCCCCCCCCCCCCCCCCCCCCCCCCCCC(=O)NC(COP(=O)(O)OCC[N+](C)(C)C)C(O)CCCCCCCCCCCCCCCCCCCCCCCCC. The van der Waals surface area contributed by atoms with Crippen molar-refractivity contribution in [3.63, 3.8) is 0 Å². The van der Waals surface area contributed by atoms with Crippen LogP contribution in [0.2, 0.25) is 0 Å². The summed E-state index contributed by atoms with van der Waals surface area (Å²) >= 11 is 0. The summed E-state index contributed by atoms with van der Waals surface area (Å²) in [5.74, 6) is -0.133. The number of allylic oxidation sites excluding steroid dienone is 2. The van der Waals surface area contributed by atoms with Crippen LogP contribution in [0.1, 0.15) is 425 Å². The first-order chi connectivity index (χ1) is 42.0. The highest BCUT2D eigenvalue weighted by Gasteiger charge is 2.28. The average Bonchev–Trinajstić information content (AvgIpc) is 3.70. The molecule has 514 valence electrons. The normalized spacial score (nSPS) is 13.5. The molecule has 3 unspecified atom stereocenters. The van der Waals surface area contributed by atoms with E-state index in [0.717, 1.165) is 38.5 Å².